The molecule has 10 heteroatoms. The fourth-order valence-corrected chi connectivity index (χ4v) is 7.42. The van der Waals surface area contributed by atoms with Crippen LogP contribution in [-0.4, -0.2) is 35.1 Å². The van der Waals surface area contributed by atoms with Crippen molar-refractivity contribution < 1.29 is 28.6 Å². The van der Waals surface area contributed by atoms with E-state index < -0.39 is 46.8 Å². The Labute approximate surface area is 247 Å². The normalized spacial score (nSPS) is 29.5. The van der Waals surface area contributed by atoms with Crippen LogP contribution >= 0.6 is 23.2 Å². The van der Waals surface area contributed by atoms with Crippen molar-refractivity contribution in [1.29, 1.82) is 0 Å². The van der Waals surface area contributed by atoms with Crippen LogP contribution in [0.5, 0.6) is 0 Å². The van der Waals surface area contributed by atoms with Crippen LogP contribution in [0.2, 0.25) is 5.02 Å². The summed E-state index contributed by atoms with van der Waals surface area (Å²) in [7, 11) is 0. The summed E-state index contributed by atoms with van der Waals surface area (Å²) in [6, 6.07) is 8.42. The topological polar surface area (TPSA) is 105 Å². The number of hydrogen-bond donors (Lipinski definition) is 3. The number of carbonyl (C=O) groups is 3. The second-order valence-electron chi connectivity index (χ2n) is 10.9. The quantitative estimate of drug-likeness (QED) is 0.351. The lowest BCUT2D eigenvalue weighted by Gasteiger charge is -2.55. The summed E-state index contributed by atoms with van der Waals surface area (Å²) >= 11 is 12.9. The number of rotatable bonds is 7. The fraction of sp³-hybridized carbons (Fsp3) is 0.387. The molecule has 1 saturated heterocycles. The van der Waals surface area contributed by atoms with Gasteiger partial charge in [0.2, 0.25) is 11.8 Å². The molecule has 1 fully saturated rings. The predicted octanol–water partition coefficient (Wildman–Crippen LogP) is 6.19. The van der Waals surface area contributed by atoms with Gasteiger partial charge in [0.1, 0.15) is 11.2 Å². The van der Waals surface area contributed by atoms with Crippen LogP contribution in [0.3, 0.4) is 0 Å². The number of hydrogen-bond acceptors (Lipinski definition) is 4. The largest absolute Gasteiger partial charge is 0.479 e. The van der Waals surface area contributed by atoms with Gasteiger partial charge in [-0.05, 0) is 66.8 Å². The molecular weight excluding hydrogens is 570 g/mol. The SMILES string of the molecule is CCC(OC1C=CC(Cl)=CC1(CC)[C@H]1CC(=O)N[C@@H](c2cc(F)ccc2C)[C@]12C(=O)Nc1cc(Cl)ccc12)C(=O)O. The lowest BCUT2D eigenvalue weighted by molar-refractivity contribution is -0.163. The number of allylic oxidation sites excluding steroid dienone is 2. The lowest BCUT2D eigenvalue weighted by Crippen LogP contribution is -2.64. The molecule has 2 aliphatic heterocycles. The number of amides is 2. The van der Waals surface area contributed by atoms with Crippen molar-refractivity contribution in [3.63, 3.8) is 0 Å². The summed E-state index contributed by atoms with van der Waals surface area (Å²) in [6.07, 6.45) is 3.65. The summed E-state index contributed by atoms with van der Waals surface area (Å²) < 4.78 is 21.0. The first-order valence-corrected chi connectivity index (χ1v) is 14.3. The molecule has 3 unspecified atom stereocenters. The van der Waals surface area contributed by atoms with Gasteiger partial charge in [-0.1, -0.05) is 61.3 Å². The maximum atomic E-state index is 14.7. The van der Waals surface area contributed by atoms with Crippen LogP contribution in [0.25, 0.3) is 0 Å². The fourth-order valence-electron chi connectivity index (χ4n) is 6.97. The zero-order valence-corrected chi connectivity index (χ0v) is 24.4. The van der Waals surface area contributed by atoms with E-state index in [1.807, 2.05) is 6.92 Å². The number of anilines is 1. The van der Waals surface area contributed by atoms with E-state index in [0.29, 0.717) is 38.9 Å². The van der Waals surface area contributed by atoms with Gasteiger partial charge >= 0.3 is 5.97 Å². The molecule has 0 saturated carbocycles. The minimum atomic E-state index is -1.45. The molecule has 0 aromatic heterocycles. The van der Waals surface area contributed by atoms with Crippen molar-refractivity contribution in [2.75, 3.05) is 5.32 Å². The third-order valence-corrected chi connectivity index (χ3v) is 9.36. The Kier molecular flexibility index (Phi) is 7.78. The highest BCUT2D eigenvalue weighted by molar-refractivity contribution is 6.31. The molecule has 3 N–H and O–H groups in total. The first kappa shape index (κ1) is 29.3. The number of carbonyl (C=O) groups excluding carboxylic acids is 2. The molecule has 6 atom stereocenters. The number of ether oxygens (including phenoxy) is 1. The van der Waals surface area contributed by atoms with Crippen LogP contribution < -0.4 is 10.6 Å². The average Bonchev–Trinajstić information content (AvgIpc) is 3.20. The molecule has 7 nitrogen and oxygen atoms in total. The maximum absolute atomic E-state index is 14.7. The number of carboxylic acids is 1. The number of carboxylic acid groups (broad SMARTS) is 1. The zero-order valence-electron chi connectivity index (χ0n) is 22.8. The molecule has 0 bridgehead atoms. The first-order chi connectivity index (χ1) is 19.5. The van der Waals surface area contributed by atoms with Gasteiger partial charge in [-0.3, -0.25) is 9.59 Å². The molecule has 216 valence electrons. The third kappa shape index (κ3) is 4.66. The summed E-state index contributed by atoms with van der Waals surface area (Å²) in [4.78, 5) is 40.1. The van der Waals surface area contributed by atoms with Crippen LogP contribution in [0.15, 0.2) is 59.7 Å². The van der Waals surface area contributed by atoms with E-state index in [0.717, 1.165) is 0 Å². The molecule has 0 radical (unpaired) electrons. The summed E-state index contributed by atoms with van der Waals surface area (Å²) in [5, 5.41) is 16.6. The van der Waals surface area contributed by atoms with E-state index in [-0.39, 0.29) is 24.7 Å². The van der Waals surface area contributed by atoms with Crippen molar-refractivity contribution in [3.8, 4) is 0 Å². The van der Waals surface area contributed by atoms with Gasteiger partial charge in [-0.25, -0.2) is 9.18 Å². The predicted molar refractivity (Wildman–Crippen MR) is 154 cm³/mol. The standard InChI is InChI=1S/C31H31Cl2FN2O5/c1-4-23(28(38)39)41-25-11-8-18(33)15-30(25,5-2)24-14-26(37)36-27(20-13-19(34)9-6-16(20)3)31(24)21-10-7-17(32)12-22(21)35-29(31)40/h6-13,15,23-25,27H,4-5,14H2,1-3H3,(H,35,40)(H,36,37)(H,38,39)/t23?,24-,25?,27+,30?,31-/m1/s1. The molecule has 2 heterocycles. The van der Waals surface area contributed by atoms with Gasteiger partial charge in [-0.2, -0.15) is 0 Å². The Bertz CT molecular complexity index is 1490. The van der Waals surface area contributed by atoms with E-state index >= 15 is 0 Å². The van der Waals surface area contributed by atoms with Crippen molar-refractivity contribution in [1.82, 2.24) is 5.32 Å². The average molecular weight is 602 g/mol. The maximum Gasteiger partial charge on any atom is 0.332 e. The van der Waals surface area contributed by atoms with Crippen LogP contribution in [-0.2, 0) is 24.5 Å². The monoisotopic (exact) mass is 600 g/mol. The van der Waals surface area contributed by atoms with Crippen molar-refractivity contribution in [3.05, 3.63) is 87.2 Å². The molecule has 1 aliphatic carbocycles. The highest BCUT2D eigenvalue weighted by Gasteiger charge is 2.66. The number of fused-ring (bicyclic) bond motifs is 2. The van der Waals surface area contributed by atoms with Crippen LogP contribution in [0.4, 0.5) is 10.1 Å². The van der Waals surface area contributed by atoms with Crippen molar-refractivity contribution in [2.24, 2.45) is 11.3 Å². The highest BCUT2D eigenvalue weighted by Crippen LogP contribution is 2.62. The molecule has 5 rings (SSSR count). The number of aliphatic carboxylic acids is 1. The second kappa shape index (κ2) is 10.9. The smallest absolute Gasteiger partial charge is 0.332 e. The number of nitrogens with one attached hydrogen (secondary N) is 2. The minimum Gasteiger partial charge on any atom is -0.479 e. The number of aryl methyl sites for hydroxylation is 1. The molecule has 2 amide bonds. The minimum absolute atomic E-state index is 0.0909. The van der Waals surface area contributed by atoms with Crippen LogP contribution in [0.1, 0.15) is 55.8 Å². The molecule has 1 spiro atoms. The lowest BCUT2D eigenvalue weighted by atomic mass is 9.50. The summed E-state index contributed by atoms with van der Waals surface area (Å²) in [5.41, 5.74) is -0.299. The number of piperidine rings is 1. The van der Waals surface area contributed by atoms with E-state index in [1.54, 1.807) is 56.3 Å². The van der Waals surface area contributed by atoms with E-state index in [1.165, 1.54) is 12.1 Å². The number of halogens is 3. The van der Waals surface area contributed by atoms with Crippen molar-refractivity contribution >= 4 is 46.7 Å². The van der Waals surface area contributed by atoms with E-state index in [4.69, 9.17) is 27.9 Å². The molecule has 3 aliphatic rings. The highest BCUT2D eigenvalue weighted by atomic mass is 35.5. The van der Waals surface area contributed by atoms with Gasteiger partial charge in [0.15, 0.2) is 6.10 Å². The Morgan fingerprint density at radius 2 is 1.95 bits per heavy atom. The Hall–Kier alpha value is -3.20. The van der Waals surface area contributed by atoms with E-state index in [2.05, 4.69) is 10.6 Å². The zero-order chi connectivity index (χ0) is 29.7. The molecular formula is C31H31Cl2FN2O5. The summed E-state index contributed by atoms with van der Waals surface area (Å²) in [5.74, 6) is -3.12. The third-order valence-electron chi connectivity index (χ3n) is 8.89. The first-order valence-electron chi connectivity index (χ1n) is 13.6. The van der Waals surface area contributed by atoms with E-state index in [9.17, 15) is 23.9 Å². The van der Waals surface area contributed by atoms with Gasteiger partial charge in [0.05, 0.1) is 12.1 Å². The summed E-state index contributed by atoms with van der Waals surface area (Å²) in [6.45, 7) is 5.41. The Morgan fingerprint density at radius 3 is 2.63 bits per heavy atom. The van der Waals surface area contributed by atoms with Gasteiger partial charge < -0.3 is 20.5 Å². The molecule has 2 aromatic rings. The Balaban J connectivity index is 1.82. The second-order valence-corrected chi connectivity index (χ2v) is 11.8. The molecule has 41 heavy (non-hydrogen) atoms. The number of benzene rings is 2. The Morgan fingerprint density at radius 1 is 1.20 bits per heavy atom. The molecule has 2 aromatic carbocycles. The van der Waals surface area contributed by atoms with Gasteiger partial charge in [0.25, 0.3) is 0 Å². The van der Waals surface area contributed by atoms with Crippen molar-refractivity contribution in [2.45, 2.75) is 63.7 Å². The van der Waals surface area contributed by atoms with Gasteiger partial charge in [0, 0.05) is 33.5 Å². The van der Waals surface area contributed by atoms with Gasteiger partial charge in [-0.15, -0.1) is 0 Å². The van der Waals surface area contributed by atoms with Crippen LogP contribution in [0, 0.1) is 24.1 Å².